The first-order valence-corrected chi connectivity index (χ1v) is 9.00. The first-order valence-electron chi connectivity index (χ1n) is 9.00. The van der Waals surface area contributed by atoms with Crippen molar-refractivity contribution in [2.75, 3.05) is 18.9 Å². The molecule has 0 saturated heterocycles. The van der Waals surface area contributed by atoms with E-state index in [9.17, 15) is 13.6 Å². The number of anilines is 1. The third kappa shape index (κ3) is 6.32. The van der Waals surface area contributed by atoms with E-state index < -0.39 is 6.61 Å². The fraction of sp³-hybridized carbons (Fsp3) is 0.381. The molecule has 0 aliphatic carbocycles. The van der Waals surface area contributed by atoms with Crippen LogP contribution in [0.3, 0.4) is 0 Å². The number of halogens is 2. The van der Waals surface area contributed by atoms with Gasteiger partial charge in [0.15, 0.2) is 6.54 Å². The lowest BCUT2D eigenvalue weighted by atomic mass is 9.98. The highest BCUT2D eigenvalue weighted by Crippen LogP contribution is 2.27. The molecule has 1 amide bonds. The van der Waals surface area contributed by atoms with Crippen molar-refractivity contribution in [2.45, 2.75) is 39.8 Å². The van der Waals surface area contributed by atoms with Gasteiger partial charge in [0.25, 0.3) is 5.91 Å². The molecule has 4 nitrogen and oxygen atoms in total. The van der Waals surface area contributed by atoms with Gasteiger partial charge in [0.05, 0.1) is 7.05 Å². The van der Waals surface area contributed by atoms with Gasteiger partial charge < -0.3 is 15.0 Å². The van der Waals surface area contributed by atoms with Crippen molar-refractivity contribution in [1.82, 2.24) is 0 Å². The molecule has 0 heterocycles. The number of carbonyl (C=O) groups excluding carboxylic acids is 1. The van der Waals surface area contributed by atoms with E-state index >= 15 is 0 Å². The smallest absolute Gasteiger partial charge is 0.387 e. The van der Waals surface area contributed by atoms with E-state index in [0.717, 1.165) is 27.3 Å². The number of likely N-dealkylation sites (N-methyl/N-ethyl adjacent to an activating group) is 1. The summed E-state index contributed by atoms with van der Waals surface area (Å²) in [7, 11) is 1.92. The molecule has 6 heteroatoms. The number of amides is 1. The monoisotopic (exact) mass is 377 g/mol. The van der Waals surface area contributed by atoms with Crippen LogP contribution < -0.4 is 15.0 Å². The molecule has 2 rings (SSSR count). The van der Waals surface area contributed by atoms with Crippen LogP contribution in [0.15, 0.2) is 42.5 Å². The number of ether oxygens (including phenoxy) is 1. The van der Waals surface area contributed by atoms with Crippen LogP contribution in [-0.4, -0.2) is 26.1 Å². The summed E-state index contributed by atoms with van der Waals surface area (Å²) in [5, 5.41) is 3.04. The minimum absolute atomic E-state index is 0.0543. The van der Waals surface area contributed by atoms with Gasteiger partial charge in [0, 0.05) is 11.3 Å². The summed E-state index contributed by atoms with van der Waals surface area (Å²) in [6, 6.07) is 12.5. The molecule has 0 bridgehead atoms. The van der Waals surface area contributed by atoms with Gasteiger partial charge in [-0.25, -0.2) is 0 Å². The molecule has 2 aromatic rings. The van der Waals surface area contributed by atoms with Crippen molar-refractivity contribution in [3.05, 3.63) is 59.2 Å². The molecule has 27 heavy (non-hydrogen) atoms. The summed E-state index contributed by atoms with van der Waals surface area (Å²) in [4.78, 5) is 13.5. The van der Waals surface area contributed by atoms with Crippen LogP contribution in [0, 0.1) is 6.92 Å². The second kappa shape index (κ2) is 9.46. The van der Waals surface area contributed by atoms with Gasteiger partial charge in [0.1, 0.15) is 12.3 Å². The van der Waals surface area contributed by atoms with Crippen LogP contribution in [0.1, 0.15) is 36.5 Å². The zero-order valence-corrected chi connectivity index (χ0v) is 16.2. The van der Waals surface area contributed by atoms with Crippen molar-refractivity contribution in [3.8, 4) is 5.75 Å². The first-order chi connectivity index (χ1) is 12.8. The number of quaternary nitrogens is 1. The van der Waals surface area contributed by atoms with Crippen LogP contribution in [0.5, 0.6) is 5.75 Å². The standard InChI is InChI=1S/C21H26F2N2O2/c1-14(2)18-7-5-6-15(3)20(18)24-19(26)13-25(4)12-16-8-10-17(11-9-16)27-21(22)23/h5-11,14,21H,12-13H2,1-4H3,(H,24,26)/p+1. The van der Waals surface area contributed by atoms with Crippen molar-refractivity contribution >= 4 is 11.6 Å². The van der Waals surface area contributed by atoms with E-state index in [4.69, 9.17) is 0 Å². The van der Waals surface area contributed by atoms with Gasteiger partial charge >= 0.3 is 6.61 Å². The number of carbonyl (C=O) groups is 1. The van der Waals surface area contributed by atoms with Crippen molar-refractivity contribution < 1.29 is 23.2 Å². The summed E-state index contributed by atoms with van der Waals surface area (Å²) in [6.07, 6.45) is 0. The normalized spacial score (nSPS) is 12.3. The number of hydrogen-bond donors (Lipinski definition) is 2. The number of rotatable bonds is 8. The SMILES string of the molecule is Cc1cccc(C(C)C)c1NC(=O)C[NH+](C)Cc1ccc(OC(F)F)cc1. The Hall–Kier alpha value is -2.47. The fourth-order valence-electron chi connectivity index (χ4n) is 3.00. The molecule has 1 atom stereocenters. The molecule has 0 saturated carbocycles. The molecule has 1 unspecified atom stereocenters. The number of hydrogen-bond acceptors (Lipinski definition) is 2. The lowest BCUT2D eigenvalue weighted by molar-refractivity contribution is -0.885. The maximum Gasteiger partial charge on any atom is 0.387 e. The summed E-state index contributed by atoms with van der Waals surface area (Å²) in [5.41, 5.74) is 4.00. The minimum Gasteiger partial charge on any atom is -0.435 e. The summed E-state index contributed by atoms with van der Waals surface area (Å²) >= 11 is 0. The van der Waals surface area contributed by atoms with E-state index in [0.29, 0.717) is 19.0 Å². The molecular formula is C21H27F2N2O2+. The maximum absolute atomic E-state index is 12.5. The maximum atomic E-state index is 12.5. The predicted molar refractivity (Wildman–Crippen MR) is 102 cm³/mol. The summed E-state index contributed by atoms with van der Waals surface area (Å²) in [6.45, 7) is 4.27. The Labute approximate surface area is 159 Å². The summed E-state index contributed by atoms with van der Waals surface area (Å²) in [5.74, 6) is 0.394. The zero-order valence-electron chi connectivity index (χ0n) is 16.2. The Bertz CT molecular complexity index is 761. The van der Waals surface area contributed by atoms with E-state index in [2.05, 4.69) is 23.9 Å². The molecule has 0 radical (unpaired) electrons. The van der Waals surface area contributed by atoms with Gasteiger partial charge in [-0.05, 0) is 48.2 Å². The highest BCUT2D eigenvalue weighted by atomic mass is 19.3. The fourth-order valence-corrected chi connectivity index (χ4v) is 3.00. The molecule has 0 spiro atoms. The number of para-hydroxylation sites is 1. The molecule has 0 aliphatic rings. The first kappa shape index (κ1) is 20.8. The molecule has 2 aromatic carbocycles. The van der Waals surface area contributed by atoms with Crippen LogP contribution in [-0.2, 0) is 11.3 Å². The second-order valence-electron chi connectivity index (χ2n) is 7.08. The third-order valence-electron chi connectivity index (χ3n) is 4.31. The second-order valence-corrected chi connectivity index (χ2v) is 7.08. The highest BCUT2D eigenvalue weighted by Gasteiger charge is 2.15. The van der Waals surface area contributed by atoms with E-state index in [1.807, 2.05) is 32.2 Å². The molecule has 0 fully saturated rings. The quantitative estimate of drug-likeness (QED) is 0.741. The van der Waals surface area contributed by atoms with Crippen LogP contribution in [0.2, 0.25) is 0 Å². The number of nitrogens with one attached hydrogen (secondary N) is 2. The highest BCUT2D eigenvalue weighted by molar-refractivity contribution is 5.93. The molecule has 0 aromatic heterocycles. The van der Waals surface area contributed by atoms with Gasteiger partial charge in [-0.15, -0.1) is 0 Å². The van der Waals surface area contributed by atoms with Crippen molar-refractivity contribution in [3.63, 3.8) is 0 Å². The Morgan fingerprint density at radius 1 is 1.15 bits per heavy atom. The Kier molecular flexibility index (Phi) is 7.30. The molecule has 2 N–H and O–H groups in total. The van der Waals surface area contributed by atoms with Crippen LogP contribution in [0.4, 0.5) is 14.5 Å². The predicted octanol–water partition coefficient (Wildman–Crippen LogP) is 3.37. The lowest BCUT2D eigenvalue weighted by Gasteiger charge is -2.18. The largest absolute Gasteiger partial charge is 0.435 e. The van der Waals surface area contributed by atoms with Gasteiger partial charge in [-0.3, -0.25) is 4.79 Å². The van der Waals surface area contributed by atoms with E-state index in [1.165, 1.54) is 12.1 Å². The number of benzene rings is 2. The Morgan fingerprint density at radius 3 is 2.41 bits per heavy atom. The Balaban J connectivity index is 1.94. The summed E-state index contributed by atoms with van der Waals surface area (Å²) < 4.78 is 28.7. The molecule has 146 valence electrons. The minimum atomic E-state index is -2.83. The average Bonchev–Trinajstić information content (AvgIpc) is 2.57. The topological polar surface area (TPSA) is 42.8 Å². The number of alkyl halides is 2. The molecule has 0 aliphatic heterocycles. The van der Waals surface area contributed by atoms with Gasteiger partial charge in [0.2, 0.25) is 0 Å². The third-order valence-corrected chi connectivity index (χ3v) is 4.31. The average molecular weight is 377 g/mol. The number of aryl methyl sites for hydroxylation is 1. The molecular weight excluding hydrogens is 350 g/mol. The lowest BCUT2D eigenvalue weighted by Crippen LogP contribution is -3.08. The van der Waals surface area contributed by atoms with Crippen LogP contribution >= 0.6 is 0 Å². The zero-order chi connectivity index (χ0) is 20.0. The van der Waals surface area contributed by atoms with E-state index in [-0.39, 0.29) is 11.7 Å². The van der Waals surface area contributed by atoms with Crippen molar-refractivity contribution in [2.24, 2.45) is 0 Å². The van der Waals surface area contributed by atoms with E-state index in [1.54, 1.807) is 12.1 Å². The van der Waals surface area contributed by atoms with Crippen LogP contribution in [0.25, 0.3) is 0 Å². The Morgan fingerprint density at radius 2 is 1.81 bits per heavy atom. The van der Waals surface area contributed by atoms with Gasteiger partial charge in [-0.1, -0.05) is 32.0 Å². The van der Waals surface area contributed by atoms with Crippen molar-refractivity contribution in [1.29, 1.82) is 0 Å². The van der Waals surface area contributed by atoms with Gasteiger partial charge in [-0.2, -0.15) is 8.78 Å².